The molecule has 6 nitrogen and oxygen atoms in total. The van der Waals surface area contributed by atoms with E-state index >= 15 is 0 Å². The number of carboxylic acid groups (broad SMARTS) is 1. The van der Waals surface area contributed by atoms with Gasteiger partial charge in [-0.3, -0.25) is 10.1 Å². The summed E-state index contributed by atoms with van der Waals surface area (Å²) in [6.07, 6.45) is 3.10. The Labute approximate surface area is 139 Å². The summed E-state index contributed by atoms with van der Waals surface area (Å²) in [7, 11) is 0. The average Bonchev–Trinajstić information content (AvgIpc) is 2.65. The van der Waals surface area contributed by atoms with E-state index in [0.717, 1.165) is 12.1 Å². The standard InChI is InChI=1S/C15H7Cl2NO5/c16-8-3-7-1-2-10-11(15(19)20)5-9(18(21)22)6-13(10)23-14(7)12(17)4-8/h1-6H,(H,19,20). The van der Waals surface area contributed by atoms with E-state index in [0.29, 0.717) is 10.6 Å². The van der Waals surface area contributed by atoms with E-state index in [1.54, 1.807) is 12.1 Å². The lowest BCUT2D eigenvalue weighted by Gasteiger charge is -2.12. The number of carbonyl (C=O) groups is 1. The minimum absolute atomic E-state index is 0.0378. The molecule has 0 saturated heterocycles. The molecule has 0 spiro atoms. The molecule has 0 bridgehead atoms. The van der Waals surface area contributed by atoms with Gasteiger partial charge < -0.3 is 9.84 Å². The van der Waals surface area contributed by atoms with Crippen molar-refractivity contribution in [3.8, 4) is 11.5 Å². The summed E-state index contributed by atoms with van der Waals surface area (Å²) in [4.78, 5) is 21.7. The molecule has 1 aliphatic heterocycles. The fourth-order valence-electron chi connectivity index (χ4n) is 2.25. The largest absolute Gasteiger partial charge is 0.478 e. The van der Waals surface area contributed by atoms with Gasteiger partial charge in [0.25, 0.3) is 5.69 Å². The quantitative estimate of drug-likeness (QED) is 0.525. The van der Waals surface area contributed by atoms with Gasteiger partial charge in [0.15, 0.2) is 5.75 Å². The highest BCUT2D eigenvalue weighted by atomic mass is 35.5. The summed E-state index contributed by atoms with van der Waals surface area (Å²) in [6.45, 7) is 0. The van der Waals surface area contributed by atoms with Crippen LogP contribution in [-0.2, 0) is 0 Å². The Morgan fingerprint density at radius 2 is 1.91 bits per heavy atom. The SMILES string of the molecule is O=C(O)c1cc([N+](=O)[O-])cc2c1C=Cc1cc(Cl)cc(Cl)c1O2. The molecule has 1 heterocycles. The molecule has 2 aromatic carbocycles. The van der Waals surface area contributed by atoms with Gasteiger partial charge in [0.05, 0.1) is 21.6 Å². The van der Waals surface area contributed by atoms with Crippen LogP contribution >= 0.6 is 23.2 Å². The lowest BCUT2D eigenvalue weighted by molar-refractivity contribution is -0.385. The molecule has 1 aliphatic rings. The van der Waals surface area contributed by atoms with Crippen LogP contribution in [0.15, 0.2) is 24.3 Å². The maximum absolute atomic E-state index is 11.4. The predicted octanol–water partition coefficient (Wildman–Crippen LogP) is 4.88. The third-order valence-electron chi connectivity index (χ3n) is 3.25. The lowest BCUT2D eigenvalue weighted by Crippen LogP contribution is -2.03. The van der Waals surface area contributed by atoms with E-state index in [1.807, 2.05) is 0 Å². The van der Waals surface area contributed by atoms with E-state index in [-0.39, 0.29) is 33.3 Å². The molecule has 0 saturated carbocycles. The maximum Gasteiger partial charge on any atom is 0.336 e. The van der Waals surface area contributed by atoms with Crippen molar-refractivity contribution in [2.75, 3.05) is 0 Å². The molecular weight excluding hydrogens is 345 g/mol. The van der Waals surface area contributed by atoms with Gasteiger partial charge in [0.2, 0.25) is 0 Å². The molecule has 116 valence electrons. The Morgan fingerprint density at radius 1 is 1.17 bits per heavy atom. The molecule has 0 aliphatic carbocycles. The molecule has 23 heavy (non-hydrogen) atoms. The van der Waals surface area contributed by atoms with Crippen molar-refractivity contribution >= 4 is 47.0 Å². The summed E-state index contributed by atoms with van der Waals surface area (Å²) in [5.74, 6) is -1.01. The average molecular weight is 352 g/mol. The van der Waals surface area contributed by atoms with Crippen LogP contribution in [0, 0.1) is 10.1 Å². The molecule has 0 aromatic heterocycles. The zero-order valence-corrected chi connectivity index (χ0v) is 12.8. The van der Waals surface area contributed by atoms with Gasteiger partial charge in [-0.2, -0.15) is 0 Å². The van der Waals surface area contributed by atoms with Gasteiger partial charge >= 0.3 is 5.97 Å². The Balaban J connectivity index is 2.27. The fraction of sp³-hybridized carbons (Fsp3) is 0. The van der Waals surface area contributed by atoms with Crippen molar-refractivity contribution in [1.82, 2.24) is 0 Å². The third-order valence-corrected chi connectivity index (χ3v) is 3.75. The number of aromatic carboxylic acids is 1. The first kappa shape index (κ1) is 15.3. The molecule has 0 amide bonds. The number of nitro groups is 1. The second-order valence-corrected chi connectivity index (χ2v) is 5.55. The van der Waals surface area contributed by atoms with Crippen LogP contribution in [0.5, 0.6) is 11.5 Å². The highest BCUT2D eigenvalue weighted by molar-refractivity contribution is 6.36. The predicted molar refractivity (Wildman–Crippen MR) is 85.5 cm³/mol. The van der Waals surface area contributed by atoms with E-state index in [2.05, 4.69) is 0 Å². The number of nitrogens with zero attached hydrogens (tertiary/aromatic N) is 1. The number of halogens is 2. The first-order chi connectivity index (χ1) is 10.9. The summed E-state index contributed by atoms with van der Waals surface area (Å²) in [5.41, 5.74) is 0.132. The number of nitro benzene ring substituents is 1. The minimum Gasteiger partial charge on any atom is -0.478 e. The molecule has 0 unspecified atom stereocenters. The number of ether oxygens (including phenoxy) is 1. The van der Waals surface area contributed by atoms with Crippen LogP contribution in [0.4, 0.5) is 5.69 Å². The third kappa shape index (κ3) is 2.74. The van der Waals surface area contributed by atoms with Crippen molar-refractivity contribution in [1.29, 1.82) is 0 Å². The Hall–Kier alpha value is -2.57. The van der Waals surface area contributed by atoms with Gasteiger partial charge in [0.1, 0.15) is 5.75 Å². The molecule has 2 aromatic rings. The van der Waals surface area contributed by atoms with Crippen LogP contribution in [0.25, 0.3) is 12.2 Å². The van der Waals surface area contributed by atoms with Crippen LogP contribution in [0.3, 0.4) is 0 Å². The number of fused-ring (bicyclic) bond motifs is 2. The zero-order valence-electron chi connectivity index (χ0n) is 11.2. The van der Waals surface area contributed by atoms with Crippen molar-refractivity contribution in [3.05, 3.63) is 61.1 Å². The number of benzene rings is 2. The van der Waals surface area contributed by atoms with Crippen molar-refractivity contribution in [2.24, 2.45) is 0 Å². The van der Waals surface area contributed by atoms with Gasteiger partial charge in [-0.25, -0.2) is 4.79 Å². The van der Waals surface area contributed by atoms with Crippen LogP contribution in [-0.4, -0.2) is 16.0 Å². The zero-order chi connectivity index (χ0) is 16.7. The number of rotatable bonds is 2. The van der Waals surface area contributed by atoms with E-state index in [4.69, 9.17) is 27.9 Å². The molecule has 0 atom stereocenters. The molecular formula is C15H7Cl2NO5. The first-order valence-electron chi connectivity index (χ1n) is 6.27. The number of hydrogen-bond acceptors (Lipinski definition) is 4. The Kier molecular flexibility index (Phi) is 3.71. The molecule has 0 radical (unpaired) electrons. The van der Waals surface area contributed by atoms with Gasteiger partial charge in [-0.15, -0.1) is 0 Å². The van der Waals surface area contributed by atoms with E-state index in [1.165, 1.54) is 12.1 Å². The van der Waals surface area contributed by atoms with Crippen molar-refractivity contribution in [2.45, 2.75) is 0 Å². The smallest absolute Gasteiger partial charge is 0.336 e. The molecule has 1 N–H and O–H groups in total. The summed E-state index contributed by atoms with van der Waals surface area (Å²) in [6, 6.07) is 5.21. The number of hydrogen-bond donors (Lipinski definition) is 1. The highest BCUT2D eigenvalue weighted by Crippen LogP contribution is 2.42. The summed E-state index contributed by atoms with van der Waals surface area (Å²) in [5, 5.41) is 20.9. The van der Waals surface area contributed by atoms with Gasteiger partial charge in [-0.1, -0.05) is 29.3 Å². The second kappa shape index (κ2) is 5.57. The second-order valence-electron chi connectivity index (χ2n) is 4.71. The first-order valence-corrected chi connectivity index (χ1v) is 7.03. The fourth-order valence-corrected chi connectivity index (χ4v) is 2.79. The monoisotopic (exact) mass is 351 g/mol. The van der Waals surface area contributed by atoms with E-state index < -0.39 is 10.9 Å². The molecule has 3 rings (SSSR count). The number of carboxylic acids is 1. The Morgan fingerprint density at radius 3 is 2.57 bits per heavy atom. The van der Waals surface area contributed by atoms with Crippen molar-refractivity contribution < 1.29 is 19.6 Å². The number of non-ortho nitro benzene ring substituents is 1. The van der Waals surface area contributed by atoms with Crippen LogP contribution in [0.1, 0.15) is 21.5 Å². The van der Waals surface area contributed by atoms with Crippen molar-refractivity contribution in [3.63, 3.8) is 0 Å². The Bertz CT molecular complexity index is 892. The van der Waals surface area contributed by atoms with E-state index in [9.17, 15) is 20.0 Å². The van der Waals surface area contributed by atoms with Crippen LogP contribution in [0.2, 0.25) is 10.0 Å². The maximum atomic E-state index is 11.4. The van der Waals surface area contributed by atoms with Gasteiger partial charge in [0, 0.05) is 22.2 Å². The molecule has 8 heteroatoms. The summed E-state index contributed by atoms with van der Waals surface area (Å²) >= 11 is 12.0. The minimum atomic E-state index is -1.30. The topological polar surface area (TPSA) is 89.7 Å². The highest BCUT2D eigenvalue weighted by Gasteiger charge is 2.24. The lowest BCUT2D eigenvalue weighted by atomic mass is 10.0. The molecule has 0 fully saturated rings. The summed E-state index contributed by atoms with van der Waals surface area (Å²) < 4.78 is 5.65. The van der Waals surface area contributed by atoms with Gasteiger partial charge in [-0.05, 0) is 18.2 Å². The van der Waals surface area contributed by atoms with Crippen LogP contribution < -0.4 is 4.74 Å². The normalized spacial score (nSPS) is 11.9.